The number of nitrogens with one attached hydrogen (secondary N) is 2. The van der Waals surface area contributed by atoms with Crippen molar-refractivity contribution in [1.82, 2.24) is 10.3 Å². The molecule has 122 valence electrons. The van der Waals surface area contributed by atoms with E-state index in [1.54, 1.807) is 12.1 Å². The highest BCUT2D eigenvalue weighted by Crippen LogP contribution is 2.23. The number of aromatic amines is 1. The van der Waals surface area contributed by atoms with Crippen molar-refractivity contribution in [2.45, 2.75) is 20.4 Å². The highest BCUT2D eigenvalue weighted by atomic mass is 19.1. The Hall–Kier alpha value is -2.06. The Morgan fingerprint density at radius 3 is 2.74 bits per heavy atom. The van der Waals surface area contributed by atoms with Gasteiger partial charge in [0.2, 0.25) is 0 Å². The molecule has 0 bridgehead atoms. The molecule has 0 spiro atoms. The van der Waals surface area contributed by atoms with E-state index >= 15 is 0 Å². The Morgan fingerprint density at radius 2 is 2.09 bits per heavy atom. The van der Waals surface area contributed by atoms with Crippen molar-refractivity contribution in [2.24, 2.45) is 5.41 Å². The standard InChI is InChI=1S/C15H18BFN2O4/c1-15(2)7-22-16(23-8-15)9-3-12(17)11-5-10(6-18-14(20)21)19-13(11)4-9/h3-5,18-19H,6-8H2,1-2H3,(H,20,21). The predicted molar refractivity (Wildman–Crippen MR) is 84.2 cm³/mol. The molecule has 1 saturated heterocycles. The van der Waals surface area contributed by atoms with Crippen molar-refractivity contribution < 1.29 is 23.6 Å². The third-order valence-electron chi connectivity index (χ3n) is 3.72. The number of halogens is 1. The number of fused-ring (bicyclic) bond motifs is 1. The maximum Gasteiger partial charge on any atom is 0.494 e. The van der Waals surface area contributed by atoms with E-state index in [4.69, 9.17) is 14.4 Å². The zero-order chi connectivity index (χ0) is 16.6. The first-order valence-electron chi connectivity index (χ1n) is 7.35. The monoisotopic (exact) mass is 320 g/mol. The minimum Gasteiger partial charge on any atom is -0.465 e. The molecule has 2 aromatic rings. The van der Waals surface area contributed by atoms with Crippen LogP contribution in [0.5, 0.6) is 0 Å². The molecule has 0 radical (unpaired) electrons. The summed E-state index contributed by atoms with van der Waals surface area (Å²) in [6.07, 6.45) is -1.13. The number of rotatable bonds is 3. The molecule has 6 nitrogen and oxygen atoms in total. The molecule has 1 amide bonds. The Balaban J connectivity index is 1.84. The topological polar surface area (TPSA) is 83.6 Å². The molecular weight excluding hydrogens is 302 g/mol. The highest BCUT2D eigenvalue weighted by molar-refractivity contribution is 6.61. The lowest BCUT2D eigenvalue weighted by Gasteiger charge is -2.33. The fraction of sp³-hybridized carbons (Fsp3) is 0.400. The van der Waals surface area contributed by atoms with Gasteiger partial charge in [-0.2, -0.15) is 0 Å². The fourth-order valence-corrected chi connectivity index (χ4v) is 2.56. The fourth-order valence-electron chi connectivity index (χ4n) is 2.56. The third kappa shape index (κ3) is 3.48. The van der Waals surface area contributed by atoms with Gasteiger partial charge in [-0.3, -0.25) is 0 Å². The summed E-state index contributed by atoms with van der Waals surface area (Å²) in [5, 5.41) is 11.3. The third-order valence-corrected chi connectivity index (χ3v) is 3.72. The molecule has 0 atom stereocenters. The molecule has 1 aromatic heterocycles. The van der Waals surface area contributed by atoms with Gasteiger partial charge in [-0.1, -0.05) is 13.8 Å². The van der Waals surface area contributed by atoms with Crippen molar-refractivity contribution in [3.63, 3.8) is 0 Å². The van der Waals surface area contributed by atoms with Crippen LogP contribution in [-0.4, -0.2) is 36.5 Å². The van der Waals surface area contributed by atoms with Crippen LogP contribution >= 0.6 is 0 Å². The first-order chi connectivity index (χ1) is 10.8. The van der Waals surface area contributed by atoms with Gasteiger partial charge in [-0.05, 0) is 23.7 Å². The summed E-state index contributed by atoms with van der Waals surface area (Å²) in [6.45, 7) is 5.24. The van der Waals surface area contributed by atoms with Gasteiger partial charge in [-0.25, -0.2) is 9.18 Å². The molecule has 1 aliphatic rings. The van der Waals surface area contributed by atoms with E-state index in [-0.39, 0.29) is 12.0 Å². The van der Waals surface area contributed by atoms with Gasteiger partial charge in [0.05, 0.1) is 6.54 Å². The molecular formula is C15H18BFN2O4. The number of hydrogen-bond acceptors (Lipinski definition) is 3. The molecule has 8 heteroatoms. The molecule has 1 fully saturated rings. The zero-order valence-corrected chi connectivity index (χ0v) is 13.0. The molecule has 1 aliphatic heterocycles. The summed E-state index contributed by atoms with van der Waals surface area (Å²) < 4.78 is 25.7. The lowest BCUT2D eigenvalue weighted by Crippen LogP contribution is -2.47. The van der Waals surface area contributed by atoms with Crippen LogP contribution < -0.4 is 10.8 Å². The van der Waals surface area contributed by atoms with E-state index < -0.39 is 19.0 Å². The van der Waals surface area contributed by atoms with Crippen LogP contribution in [0.4, 0.5) is 9.18 Å². The summed E-state index contributed by atoms with van der Waals surface area (Å²) >= 11 is 0. The normalized spacial score (nSPS) is 17.4. The number of hydrogen-bond donors (Lipinski definition) is 3. The van der Waals surface area contributed by atoms with Crippen molar-refractivity contribution in [1.29, 1.82) is 0 Å². The lowest BCUT2D eigenvalue weighted by molar-refractivity contribution is 0.0343. The molecule has 0 aliphatic carbocycles. The average Bonchev–Trinajstić information content (AvgIpc) is 2.88. The summed E-state index contributed by atoms with van der Waals surface area (Å²) in [6, 6.07) is 4.76. The van der Waals surface area contributed by atoms with Gasteiger partial charge in [0.15, 0.2) is 0 Å². The maximum absolute atomic E-state index is 14.3. The van der Waals surface area contributed by atoms with Gasteiger partial charge in [0, 0.05) is 35.2 Å². The first kappa shape index (κ1) is 15.8. The zero-order valence-electron chi connectivity index (χ0n) is 13.0. The van der Waals surface area contributed by atoms with Gasteiger partial charge in [0.25, 0.3) is 0 Å². The highest BCUT2D eigenvalue weighted by Gasteiger charge is 2.34. The second-order valence-electron chi connectivity index (χ2n) is 6.54. The van der Waals surface area contributed by atoms with Gasteiger partial charge < -0.3 is 24.7 Å². The van der Waals surface area contributed by atoms with Crippen LogP contribution in [0.3, 0.4) is 0 Å². The number of benzene rings is 1. The van der Waals surface area contributed by atoms with Crippen molar-refractivity contribution in [3.05, 3.63) is 29.7 Å². The van der Waals surface area contributed by atoms with E-state index in [9.17, 15) is 9.18 Å². The van der Waals surface area contributed by atoms with E-state index in [1.807, 2.05) is 13.8 Å². The van der Waals surface area contributed by atoms with Crippen LogP contribution in [0.2, 0.25) is 0 Å². The van der Waals surface area contributed by atoms with Crippen molar-refractivity contribution in [2.75, 3.05) is 13.2 Å². The van der Waals surface area contributed by atoms with Gasteiger partial charge in [0.1, 0.15) is 5.82 Å². The molecule has 0 saturated carbocycles. The second kappa shape index (κ2) is 5.86. The van der Waals surface area contributed by atoms with E-state index in [0.29, 0.717) is 35.3 Å². The summed E-state index contributed by atoms with van der Waals surface area (Å²) in [5.41, 5.74) is 1.72. The Bertz CT molecular complexity index is 736. The minimum atomic E-state index is -1.13. The predicted octanol–water partition coefficient (Wildman–Crippen LogP) is 1.84. The lowest BCUT2D eigenvalue weighted by atomic mass is 9.75. The van der Waals surface area contributed by atoms with Crippen LogP contribution in [0.1, 0.15) is 19.5 Å². The second-order valence-corrected chi connectivity index (χ2v) is 6.54. The number of aromatic nitrogens is 1. The average molecular weight is 320 g/mol. The van der Waals surface area contributed by atoms with Crippen LogP contribution in [0.25, 0.3) is 10.9 Å². The largest absolute Gasteiger partial charge is 0.494 e. The number of amides is 1. The molecule has 0 unspecified atom stereocenters. The van der Waals surface area contributed by atoms with Crippen LogP contribution in [0.15, 0.2) is 18.2 Å². The molecule has 2 heterocycles. The Labute approximate surface area is 133 Å². The number of H-pyrrole nitrogens is 1. The van der Waals surface area contributed by atoms with Gasteiger partial charge in [-0.15, -0.1) is 0 Å². The molecule has 23 heavy (non-hydrogen) atoms. The summed E-state index contributed by atoms with van der Waals surface area (Å²) in [5.74, 6) is -0.396. The van der Waals surface area contributed by atoms with Crippen molar-refractivity contribution >= 4 is 29.6 Å². The summed E-state index contributed by atoms with van der Waals surface area (Å²) in [7, 11) is -0.592. The van der Waals surface area contributed by atoms with E-state index in [2.05, 4.69) is 10.3 Å². The van der Waals surface area contributed by atoms with Crippen LogP contribution in [-0.2, 0) is 15.9 Å². The Morgan fingerprint density at radius 1 is 1.39 bits per heavy atom. The quantitative estimate of drug-likeness (QED) is 0.754. The molecule has 3 N–H and O–H groups in total. The smallest absolute Gasteiger partial charge is 0.465 e. The number of carboxylic acid groups (broad SMARTS) is 1. The first-order valence-corrected chi connectivity index (χ1v) is 7.35. The molecule has 3 rings (SSSR count). The van der Waals surface area contributed by atoms with E-state index in [1.165, 1.54) is 6.07 Å². The SMILES string of the molecule is CC1(C)COB(c2cc(F)c3cc(CNC(=O)O)[nH]c3c2)OC1. The number of carbonyl (C=O) groups is 1. The van der Waals surface area contributed by atoms with E-state index in [0.717, 1.165) is 0 Å². The minimum absolute atomic E-state index is 0.0543. The Kier molecular flexibility index (Phi) is 4.03. The van der Waals surface area contributed by atoms with Crippen LogP contribution in [0, 0.1) is 11.2 Å². The maximum atomic E-state index is 14.3. The molecule has 1 aromatic carbocycles. The summed E-state index contributed by atoms with van der Waals surface area (Å²) in [4.78, 5) is 13.5. The van der Waals surface area contributed by atoms with Gasteiger partial charge >= 0.3 is 13.2 Å². The van der Waals surface area contributed by atoms with Crippen molar-refractivity contribution in [3.8, 4) is 0 Å².